The number of amides is 1. The van der Waals surface area contributed by atoms with E-state index in [1.165, 1.54) is 10.9 Å². The van der Waals surface area contributed by atoms with E-state index in [1.807, 2.05) is 20.8 Å². The molecule has 6 heteroatoms. The fourth-order valence-electron chi connectivity index (χ4n) is 1.65. The number of nitrogens with zero attached hydrogens (tertiary/aromatic N) is 3. The van der Waals surface area contributed by atoms with Gasteiger partial charge in [0.1, 0.15) is 6.33 Å². The van der Waals surface area contributed by atoms with E-state index in [9.17, 15) is 4.79 Å². The molecule has 1 unspecified atom stereocenters. The fraction of sp³-hybridized carbons (Fsp3) is 0.364. The van der Waals surface area contributed by atoms with Crippen molar-refractivity contribution in [3.63, 3.8) is 0 Å². The largest absolute Gasteiger partial charge is 0.330 e. The molecule has 2 aromatic rings. The molecule has 17 heavy (non-hydrogen) atoms. The van der Waals surface area contributed by atoms with Crippen LogP contribution in [0.1, 0.15) is 28.5 Å². The zero-order valence-corrected chi connectivity index (χ0v) is 10.8. The van der Waals surface area contributed by atoms with Crippen LogP contribution in [0.3, 0.4) is 0 Å². The first-order valence-corrected chi connectivity index (χ1v) is 6.12. The summed E-state index contributed by atoms with van der Waals surface area (Å²) < 4.78 is 1.42. The van der Waals surface area contributed by atoms with Gasteiger partial charge in [-0.25, -0.2) is 14.8 Å². The first-order valence-electron chi connectivity index (χ1n) is 5.30. The zero-order chi connectivity index (χ0) is 12.4. The lowest BCUT2D eigenvalue weighted by molar-refractivity contribution is 0.239. The molecule has 0 saturated carbocycles. The Hall–Kier alpha value is -1.69. The molecule has 2 aromatic heterocycles. The smallest absolute Gasteiger partial charge is 0.327 e. The number of thiazole rings is 1. The van der Waals surface area contributed by atoms with Crippen molar-refractivity contribution in [1.82, 2.24) is 19.9 Å². The van der Waals surface area contributed by atoms with Gasteiger partial charge < -0.3 is 5.32 Å². The van der Waals surface area contributed by atoms with Crippen molar-refractivity contribution < 1.29 is 4.79 Å². The molecule has 0 spiro atoms. The Bertz CT molecular complexity index is 518. The SMILES string of the molecule is Cc1nc(C)c(C(C)NC(=O)n2ccnc2)s1. The van der Waals surface area contributed by atoms with E-state index in [0.717, 1.165) is 15.6 Å². The van der Waals surface area contributed by atoms with Gasteiger partial charge in [-0.1, -0.05) is 0 Å². The van der Waals surface area contributed by atoms with Gasteiger partial charge in [0.15, 0.2) is 0 Å². The Morgan fingerprint density at radius 3 is 2.82 bits per heavy atom. The Labute approximate surface area is 104 Å². The molecule has 0 aliphatic carbocycles. The van der Waals surface area contributed by atoms with Crippen molar-refractivity contribution >= 4 is 17.4 Å². The van der Waals surface area contributed by atoms with Crippen LogP contribution in [0.15, 0.2) is 18.7 Å². The summed E-state index contributed by atoms with van der Waals surface area (Å²) in [7, 11) is 0. The number of carbonyl (C=O) groups excluding carboxylic acids is 1. The van der Waals surface area contributed by atoms with Crippen LogP contribution in [0, 0.1) is 13.8 Å². The average Bonchev–Trinajstić information content (AvgIpc) is 2.87. The van der Waals surface area contributed by atoms with Gasteiger partial charge in [0.25, 0.3) is 0 Å². The van der Waals surface area contributed by atoms with Crippen LogP contribution in [0.5, 0.6) is 0 Å². The Morgan fingerprint density at radius 2 is 2.29 bits per heavy atom. The van der Waals surface area contributed by atoms with Gasteiger partial charge in [0, 0.05) is 17.3 Å². The average molecular weight is 250 g/mol. The number of hydrogen-bond acceptors (Lipinski definition) is 4. The predicted molar refractivity (Wildman–Crippen MR) is 66.2 cm³/mol. The number of rotatable bonds is 2. The molecule has 0 bridgehead atoms. The lowest BCUT2D eigenvalue weighted by Crippen LogP contribution is -2.30. The van der Waals surface area contributed by atoms with Crippen LogP contribution >= 0.6 is 11.3 Å². The fourth-order valence-corrected chi connectivity index (χ4v) is 2.58. The molecule has 0 aliphatic heterocycles. The van der Waals surface area contributed by atoms with Gasteiger partial charge in [-0.05, 0) is 20.8 Å². The monoisotopic (exact) mass is 250 g/mol. The third-order valence-electron chi connectivity index (χ3n) is 2.41. The maximum atomic E-state index is 11.8. The molecule has 2 rings (SSSR count). The highest BCUT2D eigenvalue weighted by atomic mass is 32.1. The third kappa shape index (κ3) is 2.52. The van der Waals surface area contributed by atoms with Crippen LogP contribution in [0.25, 0.3) is 0 Å². The molecule has 0 aromatic carbocycles. The van der Waals surface area contributed by atoms with Gasteiger partial charge in [0.05, 0.1) is 16.7 Å². The normalized spacial score (nSPS) is 12.4. The standard InChI is InChI=1S/C11H14N4OS/c1-7-10(17-9(3)13-7)8(2)14-11(16)15-5-4-12-6-15/h4-6,8H,1-3H3,(H,14,16). The van der Waals surface area contributed by atoms with Crippen molar-refractivity contribution in [1.29, 1.82) is 0 Å². The second kappa shape index (κ2) is 4.67. The minimum absolute atomic E-state index is 0.0453. The molecule has 90 valence electrons. The molecule has 0 saturated heterocycles. The molecular formula is C11H14N4OS. The summed E-state index contributed by atoms with van der Waals surface area (Å²) in [5, 5.41) is 3.92. The molecule has 0 aliphatic rings. The highest BCUT2D eigenvalue weighted by molar-refractivity contribution is 7.11. The molecule has 0 fully saturated rings. The summed E-state index contributed by atoms with van der Waals surface area (Å²) in [6, 6.07) is -0.225. The summed E-state index contributed by atoms with van der Waals surface area (Å²) in [5.41, 5.74) is 0.978. The lowest BCUT2D eigenvalue weighted by Gasteiger charge is -2.12. The van der Waals surface area contributed by atoms with Crippen LogP contribution in [0.2, 0.25) is 0 Å². The summed E-state index contributed by atoms with van der Waals surface area (Å²) in [5.74, 6) is 0. The number of imidazole rings is 1. The molecule has 0 radical (unpaired) electrons. The Kier molecular flexibility index (Phi) is 3.23. The maximum absolute atomic E-state index is 11.8. The highest BCUT2D eigenvalue weighted by Gasteiger charge is 2.15. The number of hydrogen-bond donors (Lipinski definition) is 1. The molecule has 2 heterocycles. The highest BCUT2D eigenvalue weighted by Crippen LogP contribution is 2.24. The molecule has 1 atom stereocenters. The molecule has 1 amide bonds. The number of carbonyl (C=O) groups is 1. The number of aromatic nitrogens is 3. The van der Waals surface area contributed by atoms with Crippen molar-refractivity contribution in [3.05, 3.63) is 34.3 Å². The van der Waals surface area contributed by atoms with E-state index < -0.39 is 0 Å². The van der Waals surface area contributed by atoms with E-state index in [2.05, 4.69) is 15.3 Å². The summed E-state index contributed by atoms with van der Waals surface area (Å²) >= 11 is 1.61. The van der Waals surface area contributed by atoms with Crippen LogP contribution in [-0.4, -0.2) is 20.6 Å². The third-order valence-corrected chi connectivity index (χ3v) is 3.67. The molecule has 1 N–H and O–H groups in total. The Balaban J connectivity index is 2.09. The number of nitrogens with one attached hydrogen (secondary N) is 1. The zero-order valence-electron chi connectivity index (χ0n) is 9.97. The van der Waals surface area contributed by atoms with Crippen molar-refractivity contribution in [2.75, 3.05) is 0 Å². The molecular weight excluding hydrogens is 236 g/mol. The second-order valence-corrected chi connectivity index (χ2v) is 5.06. The summed E-state index contributed by atoms with van der Waals surface area (Å²) in [6.45, 7) is 5.87. The van der Waals surface area contributed by atoms with Gasteiger partial charge in [-0.2, -0.15) is 0 Å². The van der Waals surface area contributed by atoms with Gasteiger partial charge in [-0.3, -0.25) is 4.57 Å². The van der Waals surface area contributed by atoms with E-state index in [1.54, 1.807) is 23.7 Å². The van der Waals surface area contributed by atoms with Crippen molar-refractivity contribution in [3.8, 4) is 0 Å². The van der Waals surface area contributed by atoms with Gasteiger partial charge in [0.2, 0.25) is 0 Å². The quantitative estimate of drug-likeness (QED) is 0.889. The van der Waals surface area contributed by atoms with Gasteiger partial charge >= 0.3 is 6.03 Å². The minimum atomic E-state index is -0.180. The maximum Gasteiger partial charge on any atom is 0.327 e. The predicted octanol–water partition coefficient (Wildman–Crippen LogP) is 2.28. The van der Waals surface area contributed by atoms with Crippen LogP contribution in [0.4, 0.5) is 4.79 Å². The van der Waals surface area contributed by atoms with E-state index in [-0.39, 0.29) is 12.1 Å². The van der Waals surface area contributed by atoms with E-state index in [4.69, 9.17) is 0 Å². The lowest BCUT2D eigenvalue weighted by atomic mass is 10.2. The van der Waals surface area contributed by atoms with Crippen molar-refractivity contribution in [2.24, 2.45) is 0 Å². The van der Waals surface area contributed by atoms with Crippen LogP contribution in [-0.2, 0) is 0 Å². The van der Waals surface area contributed by atoms with Crippen LogP contribution < -0.4 is 5.32 Å². The van der Waals surface area contributed by atoms with E-state index in [0.29, 0.717) is 0 Å². The Morgan fingerprint density at radius 1 is 1.53 bits per heavy atom. The first kappa shape index (κ1) is 11.8. The summed E-state index contributed by atoms with van der Waals surface area (Å²) in [6.07, 6.45) is 4.67. The number of aryl methyl sites for hydroxylation is 2. The second-order valence-electron chi connectivity index (χ2n) is 3.82. The van der Waals surface area contributed by atoms with Gasteiger partial charge in [-0.15, -0.1) is 11.3 Å². The summed E-state index contributed by atoms with van der Waals surface area (Å²) in [4.78, 5) is 21.1. The van der Waals surface area contributed by atoms with Crippen molar-refractivity contribution in [2.45, 2.75) is 26.8 Å². The van der Waals surface area contributed by atoms with E-state index >= 15 is 0 Å². The topological polar surface area (TPSA) is 59.8 Å². The minimum Gasteiger partial charge on any atom is -0.330 e. The first-order chi connectivity index (χ1) is 8.08. The molecule has 5 nitrogen and oxygen atoms in total.